The molecule has 0 bridgehead atoms. The summed E-state index contributed by atoms with van der Waals surface area (Å²) in [6.07, 6.45) is 1.45. The normalized spacial score (nSPS) is 10.8. The minimum Gasteiger partial charge on any atom is -0.501 e. The highest BCUT2D eigenvalue weighted by Gasteiger charge is 2.04. The van der Waals surface area contributed by atoms with Crippen molar-refractivity contribution in [3.63, 3.8) is 0 Å². The maximum Gasteiger partial charge on any atom is 0.392 e. The van der Waals surface area contributed by atoms with Crippen molar-refractivity contribution >= 4 is 11.7 Å². The molecule has 0 aliphatic carbocycles. The highest BCUT2D eigenvalue weighted by atomic mass is 16.4. The summed E-state index contributed by atoms with van der Waals surface area (Å²) in [6, 6.07) is 6.71. The number of diazo groups is 1. The lowest BCUT2D eigenvalue weighted by Crippen LogP contribution is -1.97. The first-order valence-electron chi connectivity index (χ1n) is 4.68. The molecule has 0 fully saturated rings. The first-order chi connectivity index (χ1) is 7.63. The summed E-state index contributed by atoms with van der Waals surface area (Å²) in [5.74, 6) is -0.988. The van der Waals surface area contributed by atoms with Gasteiger partial charge in [0.05, 0.1) is 0 Å². The Morgan fingerprint density at radius 3 is 2.44 bits per heavy atom. The number of carbonyl (C=O) groups is 1. The molecule has 0 atom stereocenters. The first kappa shape index (κ1) is 11.7. The Morgan fingerprint density at radius 1 is 1.31 bits per heavy atom. The van der Waals surface area contributed by atoms with Crippen molar-refractivity contribution in [1.29, 1.82) is 5.39 Å². The van der Waals surface area contributed by atoms with Gasteiger partial charge in [0.25, 0.3) is 0 Å². The van der Waals surface area contributed by atoms with Gasteiger partial charge < -0.3 is 10.2 Å². The number of nitrogens with zero attached hydrogens (tertiary/aromatic N) is 2. The second-order valence-electron chi connectivity index (χ2n) is 3.22. The maximum absolute atomic E-state index is 10.3. The van der Waals surface area contributed by atoms with Gasteiger partial charge in [-0.1, -0.05) is 24.3 Å². The second kappa shape index (κ2) is 5.51. The van der Waals surface area contributed by atoms with Gasteiger partial charge in [0.15, 0.2) is 4.98 Å². The molecular weight excluding hydrogens is 208 g/mol. The highest BCUT2D eigenvalue weighted by Crippen LogP contribution is 2.13. The van der Waals surface area contributed by atoms with E-state index in [2.05, 4.69) is 4.98 Å². The predicted octanol–water partition coefficient (Wildman–Crippen LogP) is 2.41. The van der Waals surface area contributed by atoms with Crippen LogP contribution in [-0.2, 0) is 11.2 Å². The van der Waals surface area contributed by atoms with E-state index in [1.165, 1.54) is 0 Å². The molecule has 1 aromatic carbocycles. The number of carboxylic acids is 1. The average Bonchev–Trinajstić information content (AvgIpc) is 2.27. The van der Waals surface area contributed by atoms with Crippen LogP contribution in [0.4, 0.5) is 0 Å². The molecule has 0 unspecified atom stereocenters. The van der Waals surface area contributed by atoms with Crippen molar-refractivity contribution in [1.82, 2.24) is 0 Å². The lowest BCUT2D eigenvalue weighted by molar-refractivity contribution is -0.136. The number of carboxylic acid groups (broad SMARTS) is 1. The topological polar surface area (TPSA) is 85.7 Å². The van der Waals surface area contributed by atoms with Gasteiger partial charge in [-0.2, -0.15) is 0 Å². The number of aliphatic hydroxyl groups excluding tert-OH is 1. The van der Waals surface area contributed by atoms with E-state index in [0.717, 1.165) is 11.8 Å². The number of rotatable bonds is 4. The molecule has 2 N–H and O–H groups in total. The zero-order valence-corrected chi connectivity index (χ0v) is 8.50. The second-order valence-corrected chi connectivity index (χ2v) is 3.22. The van der Waals surface area contributed by atoms with Crippen molar-refractivity contribution in [3.8, 4) is 0 Å². The third-order valence-corrected chi connectivity index (χ3v) is 2.06. The van der Waals surface area contributed by atoms with Crippen molar-refractivity contribution in [2.24, 2.45) is 0 Å². The molecule has 0 amide bonds. The van der Waals surface area contributed by atoms with Crippen LogP contribution < -0.4 is 0 Å². The molecule has 1 aromatic rings. The van der Waals surface area contributed by atoms with Crippen LogP contribution in [0, 0.1) is 5.39 Å². The maximum atomic E-state index is 10.3. The Balaban J connectivity index is 2.72. The summed E-state index contributed by atoms with van der Waals surface area (Å²) in [5, 5.41) is 26.1. The van der Waals surface area contributed by atoms with Gasteiger partial charge >= 0.3 is 12.2 Å². The summed E-state index contributed by atoms with van der Waals surface area (Å²) in [7, 11) is 0. The monoisotopic (exact) mass is 219 g/mol. The van der Waals surface area contributed by atoms with Crippen molar-refractivity contribution in [3.05, 3.63) is 46.6 Å². The quantitative estimate of drug-likeness (QED) is 0.601. The summed E-state index contributed by atoms with van der Waals surface area (Å²) >= 11 is 0. The molecule has 0 aliphatic rings. The van der Waals surface area contributed by atoms with E-state index in [4.69, 9.17) is 10.5 Å². The molecule has 1 rings (SSSR count). The van der Waals surface area contributed by atoms with E-state index in [9.17, 15) is 9.90 Å². The zero-order chi connectivity index (χ0) is 12.0. The van der Waals surface area contributed by atoms with Gasteiger partial charge in [0.2, 0.25) is 11.2 Å². The fraction of sp³-hybridized carbons (Fsp3) is 0.182. The molecule has 82 valence electrons. The van der Waals surface area contributed by atoms with Gasteiger partial charge in [-0.25, -0.2) is 0 Å². The Labute approximate surface area is 92.3 Å². The van der Waals surface area contributed by atoms with Crippen LogP contribution in [0.2, 0.25) is 0 Å². The van der Waals surface area contributed by atoms with Gasteiger partial charge in [-0.3, -0.25) is 4.79 Å². The Hall–Kier alpha value is -2.35. The third-order valence-electron chi connectivity index (χ3n) is 2.06. The van der Waals surface area contributed by atoms with Crippen LogP contribution in [-0.4, -0.2) is 16.2 Å². The average molecular weight is 219 g/mol. The van der Waals surface area contributed by atoms with Crippen molar-refractivity contribution in [2.75, 3.05) is 0 Å². The smallest absolute Gasteiger partial charge is 0.392 e. The predicted molar refractivity (Wildman–Crippen MR) is 58.1 cm³/mol. The van der Waals surface area contributed by atoms with Crippen molar-refractivity contribution in [2.45, 2.75) is 12.8 Å². The fourth-order valence-corrected chi connectivity index (χ4v) is 1.22. The van der Waals surface area contributed by atoms with Gasteiger partial charge in [-0.05, 0) is 12.0 Å². The molecule has 5 nitrogen and oxygen atoms in total. The number of aryl methyl sites for hydroxylation is 1. The fourth-order valence-electron chi connectivity index (χ4n) is 1.22. The molecule has 0 heterocycles. The molecule has 0 aromatic heterocycles. The Morgan fingerprint density at radius 2 is 1.94 bits per heavy atom. The number of hydrogen-bond acceptors (Lipinski definition) is 3. The molecular formula is C11H11N2O3+. The molecule has 0 spiro atoms. The van der Waals surface area contributed by atoms with E-state index in [1.54, 1.807) is 24.3 Å². The summed E-state index contributed by atoms with van der Waals surface area (Å²) in [5.41, 5.74) is 1.39. The van der Waals surface area contributed by atoms with Crippen LogP contribution in [0.15, 0.2) is 30.5 Å². The van der Waals surface area contributed by atoms with E-state index in [0.29, 0.717) is 12.0 Å². The number of aliphatic hydroxyl groups is 1. The SMILES string of the molecule is N#[N+]C=C(O)c1ccc(CCC(=O)O)cc1. The molecule has 0 saturated heterocycles. The largest absolute Gasteiger partial charge is 0.501 e. The van der Waals surface area contributed by atoms with Crippen LogP contribution >= 0.6 is 0 Å². The van der Waals surface area contributed by atoms with Gasteiger partial charge in [-0.15, -0.1) is 0 Å². The number of hydrogen-bond donors (Lipinski definition) is 2. The van der Waals surface area contributed by atoms with Crippen LogP contribution in [0.25, 0.3) is 10.7 Å². The summed E-state index contributed by atoms with van der Waals surface area (Å²) in [6.45, 7) is 0. The molecule has 0 saturated carbocycles. The Bertz CT molecular complexity index is 443. The van der Waals surface area contributed by atoms with Crippen LogP contribution in [0.3, 0.4) is 0 Å². The van der Waals surface area contributed by atoms with Gasteiger partial charge in [0.1, 0.15) is 0 Å². The Kier molecular flexibility index (Phi) is 4.04. The number of aliphatic carboxylic acids is 1. The standard InChI is InChI=1S/C11H10N2O3/c12-13-7-10(14)9-4-1-8(2-5-9)3-6-11(15)16/h1-2,4-5,7H,3,6H2,(H-,14,15,16)/p+1. The minimum absolute atomic E-state index is 0.0765. The van der Waals surface area contributed by atoms with E-state index in [-0.39, 0.29) is 12.2 Å². The van der Waals surface area contributed by atoms with Gasteiger partial charge in [0, 0.05) is 12.0 Å². The first-order valence-corrected chi connectivity index (χ1v) is 4.68. The van der Waals surface area contributed by atoms with Crippen LogP contribution in [0.5, 0.6) is 0 Å². The van der Waals surface area contributed by atoms with Crippen molar-refractivity contribution < 1.29 is 15.0 Å². The third kappa shape index (κ3) is 3.42. The van der Waals surface area contributed by atoms with E-state index >= 15 is 0 Å². The van der Waals surface area contributed by atoms with E-state index < -0.39 is 5.97 Å². The molecule has 5 heteroatoms. The lowest BCUT2D eigenvalue weighted by atomic mass is 10.1. The minimum atomic E-state index is -0.842. The van der Waals surface area contributed by atoms with Crippen LogP contribution in [0.1, 0.15) is 17.5 Å². The molecule has 0 radical (unpaired) electrons. The zero-order valence-electron chi connectivity index (χ0n) is 8.50. The summed E-state index contributed by atoms with van der Waals surface area (Å²) < 4.78 is 0. The lowest BCUT2D eigenvalue weighted by Gasteiger charge is -2.00. The van der Waals surface area contributed by atoms with E-state index in [1.807, 2.05) is 0 Å². The molecule has 16 heavy (non-hydrogen) atoms. The summed E-state index contributed by atoms with van der Waals surface area (Å²) in [4.78, 5) is 13.0. The highest BCUT2D eigenvalue weighted by molar-refractivity contribution is 5.67. The number of benzene rings is 1. The molecule has 0 aliphatic heterocycles.